The number of carbonyl (C=O) groups is 2. The highest BCUT2D eigenvalue weighted by atomic mass is 19.3. The zero-order valence-corrected chi connectivity index (χ0v) is 10.6. The first-order valence-electron chi connectivity index (χ1n) is 6.03. The second-order valence-corrected chi connectivity index (χ2v) is 5.54. The number of halogens is 2. The Hall–Kier alpha value is -1.20. The van der Waals surface area contributed by atoms with E-state index in [-0.39, 0.29) is 38.1 Å². The Bertz CT molecular complexity index is 332. The zero-order chi connectivity index (χ0) is 14.0. The quantitative estimate of drug-likeness (QED) is 0.815. The van der Waals surface area contributed by atoms with Crippen LogP contribution < -0.4 is 5.32 Å². The van der Waals surface area contributed by atoms with Crippen molar-refractivity contribution in [2.24, 2.45) is 11.3 Å². The summed E-state index contributed by atoms with van der Waals surface area (Å²) in [4.78, 5) is 22.6. The first-order chi connectivity index (χ1) is 8.14. The van der Waals surface area contributed by atoms with Crippen molar-refractivity contribution in [3.8, 4) is 0 Å². The molecule has 1 saturated carbocycles. The van der Waals surface area contributed by atoms with E-state index in [0.29, 0.717) is 0 Å². The molecule has 104 valence electrons. The monoisotopic (exact) mass is 263 g/mol. The van der Waals surface area contributed by atoms with Crippen molar-refractivity contribution in [1.82, 2.24) is 5.32 Å². The van der Waals surface area contributed by atoms with E-state index < -0.39 is 23.2 Å². The van der Waals surface area contributed by atoms with Crippen LogP contribution in [0.2, 0.25) is 0 Å². The highest BCUT2D eigenvalue weighted by molar-refractivity contribution is 5.80. The number of carboxylic acids is 1. The largest absolute Gasteiger partial charge is 0.481 e. The van der Waals surface area contributed by atoms with Crippen LogP contribution in [0.25, 0.3) is 0 Å². The van der Waals surface area contributed by atoms with E-state index in [2.05, 4.69) is 5.32 Å². The second kappa shape index (κ2) is 5.20. The molecule has 0 unspecified atom stereocenters. The lowest BCUT2D eigenvalue weighted by molar-refractivity contribution is -0.147. The van der Waals surface area contributed by atoms with E-state index in [1.807, 2.05) is 0 Å². The molecule has 0 radical (unpaired) electrons. The predicted molar refractivity (Wildman–Crippen MR) is 61.3 cm³/mol. The standard InChI is InChI=1S/C12H19F2NO3/c1-11(2,10(17)18)7-15-9(16)8-3-5-12(13,14)6-4-8/h8H,3-7H2,1-2H3,(H,15,16)(H,17,18). The number of amides is 1. The van der Waals surface area contributed by atoms with Gasteiger partial charge in [0.2, 0.25) is 11.8 Å². The summed E-state index contributed by atoms with van der Waals surface area (Å²) in [5, 5.41) is 11.4. The summed E-state index contributed by atoms with van der Waals surface area (Å²) < 4.78 is 25.8. The fraction of sp³-hybridized carbons (Fsp3) is 0.833. The number of hydrogen-bond acceptors (Lipinski definition) is 2. The van der Waals surface area contributed by atoms with Crippen LogP contribution in [-0.2, 0) is 9.59 Å². The summed E-state index contributed by atoms with van der Waals surface area (Å²) >= 11 is 0. The molecular formula is C12H19F2NO3. The molecule has 18 heavy (non-hydrogen) atoms. The number of aliphatic carboxylic acids is 1. The Morgan fingerprint density at radius 2 is 1.83 bits per heavy atom. The number of rotatable bonds is 4. The van der Waals surface area contributed by atoms with Crippen LogP contribution in [0, 0.1) is 11.3 Å². The van der Waals surface area contributed by atoms with Gasteiger partial charge in [-0.05, 0) is 26.7 Å². The van der Waals surface area contributed by atoms with Gasteiger partial charge in [-0.1, -0.05) is 0 Å². The Kier molecular flexibility index (Phi) is 4.29. The third-order valence-corrected chi connectivity index (χ3v) is 3.37. The van der Waals surface area contributed by atoms with E-state index in [9.17, 15) is 18.4 Å². The van der Waals surface area contributed by atoms with Gasteiger partial charge in [0.25, 0.3) is 0 Å². The van der Waals surface area contributed by atoms with Crippen LogP contribution in [0.1, 0.15) is 39.5 Å². The average Bonchev–Trinajstić information content (AvgIpc) is 2.25. The summed E-state index contributed by atoms with van der Waals surface area (Å²) in [7, 11) is 0. The Balaban J connectivity index is 2.41. The van der Waals surface area contributed by atoms with Gasteiger partial charge in [-0.15, -0.1) is 0 Å². The maximum atomic E-state index is 12.9. The van der Waals surface area contributed by atoms with Gasteiger partial charge in [-0.25, -0.2) is 8.78 Å². The highest BCUT2D eigenvalue weighted by Gasteiger charge is 2.38. The number of nitrogens with one attached hydrogen (secondary N) is 1. The summed E-state index contributed by atoms with van der Waals surface area (Å²) in [6.07, 6.45) is -0.223. The van der Waals surface area contributed by atoms with Crippen molar-refractivity contribution in [2.75, 3.05) is 6.54 Å². The second-order valence-electron chi connectivity index (χ2n) is 5.54. The van der Waals surface area contributed by atoms with E-state index in [1.165, 1.54) is 13.8 Å². The van der Waals surface area contributed by atoms with E-state index in [1.54, 1.807) is 0 Å². The Labute approximate surface area is 105 Å². The Morgan fingerprint density at radius 1 is 1.33 bits per heavy atom. The lowest BCUT2D eigenvalue weighted by Crippen LogP contribution is -2.42. The van der Waals surface area contributed by atoms with Crippen molar-refractivity contribution < 1.29 is 23.5 Å². The number of carboxylic acid groups (broad SMARTS) is 1. The van der Waals surface area contributed by atoms with Gasteiger partial charge in [-0.2, -0.15) is 0 Å². The van der Waals surface area contributed by atoms with Crippen molar-refractivity contribution in [2.45, 2.75) is 45.5 Å². The summed E-state index contributed by atoms with van der Waals surface area (Å²) in [6.45, 7) is 3.02. The third-order valence-electron chi connectivity index (χ3n) is 3.37. The molecular weight excluding hydrogens is 244 g/mol. The smallest absolute Gasteiger partial charge is 0.310 e. The maximum Gasteiger partial charge on any atom is 0.310 e. The van der Waals surface area contributed by atoms with Crippen LogP contribution in [0.5, 0.6) is 0 Å². The summed E-state index contributed by atoms with van der Waals surface area (Å²) in [5.74, 6) is -4.40. The molecule has 0 spiro atoms. The maximum absolute atomic E-state index is 12.9. The molecule has 0 aliphatic heterocycles. The van der Waals surface area contributed by atoms with Crippen LogP contribution in [0.3, 0.4) is 0 Å². The normalized spacial score (nSPS) is 20.4. The first kappa shape index (κ1) is 14.9. The number of alkyl halides is 2. The van der Waals surface area contributed by atoms with Gasteiger partial charge >= 0.3 is 5.97 Å². The molecule has 0 bridgehead atoms. The minimum absolute atomic E-state index is 0.00800. The van der Waals surface area contributed by atoms with Crippen LogP contribution >= 0.6 is 0 Å². The van der Waals surface area contributed by atoms with E-state index in [4.69, 9.17) is 5.11 Å². The summed E-state index contributed by atoms with van der Waals surface area (Å²) in [5.41, 5.74) is -1.05. The first-order valence-corrected chi connectivity index (χ1v) is 6.03. The van der Waals surface area contributed by atoms with Crippen molar-refractivity contribution in [1.29, 1.82) is 0 Å². The molecule has 0 aromatic rings. The zero-order valence-electron chi connectivity index (χ0n) is 10.6. The van der Waals surface area contributed by atoms with Gasteiger partial charge < -0.3 is 10.4 Å². The molecule has 4 nitrogen and oxygen atoms in total. The minimum atomic E-state index is -2.66. The van der Waals surface area contributed by atoms with Crippen LogP contribution in [0.4, 0.5) is 8.78 Å². The van der Waals surface area contributed by atoms with E-state index in [0.717, 1.165) is 0 Å². The molecule has 1 fully saturated rings. The molecule has 6 heteroatoms. The third kappa shape index (κ3) is 3.92. The van der Waals surface area contributed by atoms with Gasteiger partial charge in [0.05, 0.1) is 5.41 Å². The number of carbonyl (C=O) groups excluding carboxylic acids is 1. The van der Waals surface area contributed by atoms with Crippen molar-refractivity contribution in [3.05, 3.63) is 0 Å². The molecule has 0 aromatic heterocycles. The molecule has 1 amide bonds. The topological polar surface area (TPSA) is 66.4 Å². The molecule has 2 N–H and O–H groups in total. The SMILES string of the molecule is CC(C)(CNC(=O)C1CCC(F)(F)CC1)C(=O)O. The molecule has 0 saturated heterocycles. The van der Waals surface area contributed by atoms with Gasteiger partial charge in [0.15, 0.2) is 0 Å². The van der Waals surface area contributed by atoms with Crippen molar-refractivity contribution >= 4 is 11.9 Å². The lowest BCUT2D eigenvalue weighted by atomic mass is 9.85. The van der Waals surface area contributed by atoms with Gasteiger partial charge in [0, 0.05) is 25.3 Å². The minimum Gasteiger partial charge on any atom is -0.481 e. The molecule has 0 aromatic carbocycles. The molecule has 0 heterocycles. The predicted octanol–water partition coefficient (Wildman–Crippen LogP) is 2.04. The Morgan fingerprint density at radius 3 is 2.28 bits per heavy atom. The molecule has 1 aliphatic carbocycles. The van der Waals surface area contributed by atoms with Crippen LogP contribution in [0.15, 0.2) is 0 Å². The fourth-order valence-electron chi connectivity index (χ4n) is 1.83. The fourth-order valence-corrected chi connectivity index (χ4v) is 1.83. The van der Waals surface area contributed by atoms with Crippen molar-refractivity contribution in [3.63, 3.8) is 0 Å². The average molecular weight is 263 g/mol. The number of hydrogen-bond donors (Lipinski definition) is 2. The molecule has 0 atom stereocenters. The summed E-state index contributed by atoms with van der Waals surface area (Å²) in [6, 6.07) is 0. The highest BCUT2D eigenvalue weighted by Crippen LogP contribution is 2.36. The van der Waals surface area contributed by atoms with Gasteiger partial charge in [0.1, 0.15) is 0 Å². The van der Waals surface area contributed by atoms with E-state index >= 15 is 0 Å². The lowest BCUT2D eigenvalue weighted by Gasteiger charge is -2.28. The van der Waals surface area contributed by atoms with Gasteiger partial charge in [-0.3, -0.25) is 9.59 Å². The molecule has 1 rings (SSSR count). The van der Waals surface area contributed by atoms with Crippen LogP contribution in [-0.4, -0.2) is 29.5 Å². The molecule has 1 aliphatic rings.